The number of nitrogens with zero attached hydrogens (tertiary/aromatic N) is 2. The van der Waals surface area contributed by atoms with Crippen LogP contribution in [0.4, 0.5) is 5.69 Å². The first-order valence-electron chi connectivity index (χ1n) is 10.4. The van der Waals surface area contributed by atoms with Crippen molar-refractivity contribution in [2.75, 3.05) is 17.1 Å². The lowest BCUT2D eigenvalue weighted by Gasteiger charge is -2.22. The van der Waals surface area contributed by atoms with Crippen LogP contribution in [0.3, 0.4) is 0 Å². The summed E-state index contributed by atoms with van der Waals surface area (Å²) in [5.41, 5.74) is 6.49. The molecule has 0 aromatic heterocycles. The molecule has 0 heterocycles. The number of nitrogens with one attached hydrogen (secondary N) is 1. The number of benzene rings is 3. The number of amides is 1. The fourth-order valence-electron chi connectivity index (χ4n) is 3.23. The number of hydrazone groups is 1. The molecule has 0 fully saturated rings. The third-order valence-corrected chi connectivity index (χ3v) is 5.85. The van der Waals surface area contributed by atoms with Crippen molar-refractivity contribution in [3.8, 4) is 5.75 Å². The topological polar surface area (TPSA) is 88.1 Å². The highest BCUT2D eigenvalue weighted by Crippen LogP contribution is 2.21. The largest absolute Gasteiger partial charge is 0.489 e. The Labute approximate surface area is 194 Å². The van der Waals surface area contributed by atoms with E-state index in [4.69, 9.17) is 4.74 Å². The Hall–Kier alpha value is -3.65. The summed E-state index contributed by atoms with van der Waals surface area (Å²) >= 11 is 0. The molecule has 3 aromatic rings. The Bertz CT molecular complexity index is 1200. The number of rotatable bonds is 9. The zero-order valence-corrected chi connectivity index (χ0v) is 19.7. The minimum atomic E-state index is -3.65. The van der Waals surface area contributed by atoms with Gasteiger partial charge in [0.25, 0.3) is 5.91 Å². The van der Waals surface area contributed by atoms with Gasteiger partial charge in [0.2, 0.25) is 10.0 Å². The van der Waals surface area contributed by atoms with Crippen molar-refractivity contribution in [3.05, 3.63) is 95.1 Å². The molecule has 0 atom stereocenters. The summed E-state index contributed by atoms with van der Waals surface area (Å²) < 4.78 is 31.3. The third kappa shape index (κ3) is 7.47. The van der Waals surface area contributed by atoms with Crippen molar-refractivity contribution in [3.63, 3.8) is 0 Å². The van der Waals surface area contributed by atoms with Crippen LogP contribution >= 0.6 is 0 Å². The maximum Gasteiger partial charge on any atom is 0.260 e. The summed E-state index contributed by atoms with van der Waals surface area (Å²) in [5, 5.41) is 3.94. The van der Waals surface area contributed by atoms with Crippen LogP contribution in [-0.4, -0.2) is 33.3 Å². The summed E-state index contributed by atoms with van der Waals surface area (Å²) in [5.74, 6) is 0.177. The maximum absolute atomic E-state index is 12.4. The monoisotopic (exact) mass is 465 g/mol. The predicted molar refractivity (Wildman–Crippen MR) is 131 cm³/mol. The Morgan fingerprint density at radius 3 is 2.24 bits per heavy atom. The average Bonchev–Trinajstić information content (AvgIpc) is 2.76. The lowest BCUT2D eigenvalue weighted by molar-refractivity contribution is -0.119. The van der Waals surface area contributed by atoms with Gasteiger partial charge in [0, 0.05) is 0 Å². The zero-order chi connectivity index (χ0) is 23.8. The lowest BCUT2D eigenvalue weighted by atomic mass is 10.1. The van der Waals surface area contributed by atoms with E-state index in [1.165, 1.54) is 6.21 Å². The first-order valence-corrected chi connectivity index (χ1v) is 12.2. The van der Waals surface area contributed by atoms with Crippen molar-refractivity contribution in [2.45, 2.75) is 20.5 Å². The number of carbonyl (C=O) groups is 1. The van der Waals surface area contributed by atoms with E-state index in [1.54, 1.807) is 12.1 Å². The highest BCUT2D eigenvalue weighted by molar-refractivity contribution is 7.92. The van der Waals surface area contributed by atoms with Crippen molar-refractivity contribution in [1.82, 2.24) is 5.43 Å². The van der Waals surface area contributed by atoms with E-state index >= 15 is 0 Å². The Balaban J connectivity index is 1.57. The second kappa shape index (κ2) is 10.8. The summed E-state index contributed by atoms with van der Waals surface area (Å²) in [6.07, 6.45) is 2.56. The van der Waals surface area contributed by atoms with Crippen LogP contribution in [0.5, 0.6) is 5.75 Å². The molecule has 0 saturated heterocycles. The van der Waals surface area contributed by atoms with Crippen molar-refractivity contribution in [2.24, 2.45) is 5.10 Å². The number of hydrogen-bond acceptors (Lipinski definition) is 5. The van der Waals surface area contributed by atoms with Crippen LogP contribution < -0.4 is 14.5 Å². The second-order valence-corrected chi connectivity index (χ2v) is 9.66. The van der Waals surface area contributed by atoms with Gasteiger partial charge in [0.05, 0.1) is 18.2 Å². The van der Waals surface area contributed by atoms with Crippen LogP contribution in [0.25, 0.3) is 0 Å². The summed E-state index contributed by atoms with van der Waals surface area (Å²) in [7, 11) is -3.65. The van der Waals surface area contributed by atoms with Crippen molar-refractivity contribution >= 4 is 27.8 Å². The average molecular weight is 466 g/mol. The van der Waals surface area contributed by atoms with Crippen molar-refractivity contribution in [1.29, 1.82) is 0 Å². The first-order chi connectivity index (χ1) is 15.7. The van der Waals surface area contributed by atoms with Gasteiger partial charge >= 0.3 is 0 Å². The first kappa shape index (κ1) is 24.0. The molecule has 0 aliphatic rings. The number of carbonyl (C=O) groups excluding carboxylic acids is 1. The molecule has 0 aliphatic carbocycles. The smallest absolute Gasteiger partial charge is 0.260 e. The van der Waals surface area contributed by atoms with Gasteiger partial charge in [0.15, 0.2) is 0 Å². The molecule has 7 nitrogen and oxygen atoms in total. The van der Waals surface area contributed by atoms with Gasteiger partial charge in [0.1, 0.15) is 18.9 Å². The number of hydrogen-bond donors (Lipinski definition) is 1. The molecule has 8 heteroatoms. The Morgan fingerprint density at radius 2 is 1.64 bits per heavy atom. The van der Waals surface area contributed by atoms with E-state index in [-0.39, 0.29) is 6.54 Å². The SMILES string of the molecule is Cc1cc(C)cc(N(CC(=O)NN=Cc2ccc(OCc3ccccc3)cc2)S(C)(=O)=O)c1. The van der Waals surface area contributed by atoms with Crippen molar-refractivity contribution < 1.29 is 17.9 Å². The van der Waals surface area contributed by atoms with E-state index in [1.807, 2.05) is 74.5 Å². The number of anilines is 1. The van der Waals surface area contributed by atoms with Gasteiger partial charge in [-0.05, 0) is 72.5 Å². The zero-order valence-electron chi connectivity index (χ0n) is 18.9. The normalized spacial score (nSPS) is 11.4. The molecule has 0 saturated carbocycles. The molecular formula is C25H27N3O4S. The Morgan fingerprint density at radius 1 is 1.00 bits per heavy atom. The van der Waals surface area contributed by atoms with E-state index in [9.17, 15) is 13.2 Å². The van der Waals surface area contributed by atoms with Gasteiger partial charge in [-0.3, -0.25) is 9.10 Å². The molecule has 1 amide bonds. The minimum Gasteiger partial charge on any atom is -0.489 e. The highest BCUT2D eigenvalue weighted by Gasteiger charge is 2.21. The summed E-state index contributed by atoms with van der Waals surface area (Å²) in [6.45, 7) is 3.85. The molecular weight excluding hydrogens is 438 g/mol. The Kier molecular flexibility index (Phi) is 7.84. The van der Waals surface area contributed by atoms with Gasteiger partial charge in [-0.15, -0.1) is 0 Å². The number of ether oxygens (including phenoxy) is 1. The number of sulfonamides is 1. The van der Waals surface area contributed by atoms with E-state index in [0.717, 1.165) is 38.6 Å². The number of aryl methyl sites for hydroxylation is 2. The van der Waals surface area contributed by atoms with E-state index in [2.05, 4.69) is 10.5 Å². The van der Waals surface area contributed by atoms with E-state index < -0.39 is 15.9 Å². The standard InChI is InChI=1S/C25H27N3O4S/c1-19-13-20(2)15-23(14-19)28(33(3,30)31)17-25(29)27-26-16-21-9-11-24(12-10-21)32-18-22-7-5-4-6-8-22/h4-16H,17-18H2,1-3H3,(H,27,29). The van der Waals surface area contributed by atoms with Gasteiger partial charge in [-0.2, -0.15) is 5.10 Å². The summed E-state index contributed by atoms with van der Waals surface area (Å²) in [6, 6.07) is 22.5. The van der Waals surface area contributed by atoms with Gasteiger partial charge in [-0.1, -0.05) is 36.4 Å². The van der Waals surface area contributed by atoms with E-state index in [0.29, 0.717) is 12.3 Å². The van der Waals surface area contributed by atoms with Crippen LogP contribution in [0.1, 0.15) is 22.3 Å². The van der Waals surface area contributed by atoms with Crippen LogP contribution in [0, 0.1) is 13.8 Å². The third-order valence-electron chi connectivity index (χ3n) is 4.71. The molecule has 0 radical (unpaired) electrons. The predicted octanol–water partition coefficient (Wildman–Crippen LogP) is 3.80. The molecule has 33 heavy (non-hydrogen) atoms. The summed E-state index contributed by atoms with van der Waals surface area (Å²) in [4.78, 5) is 12.4. The maximum atomic E-state index is 12.4. The molecule has 0 aliphatic heterocycles. The quantitative estimate of drug-likeness (QED) is 0.385. The molecule has 3 rings (SSSR count). The fourth-order valence-corrected chi connectivity index (χ4v) is 4.07. The second-order valence-electron chi connectivity index (χ2n) is 7.75. The molecule has 172 valence electrons. The molecule has 0 bridgehead atoms. The molecule has 3 aromatic carbocycles. The molecule has 0 unspecified atom stereocenters. The molecule has 1 N–H and O–H groups in total. The van der Waals surface area contributed by atoms with Gasteiger partial charge in [-0.25, -0.2) is 13.8 Å². The highest BCUT2D eigenvalue weighted by atomic mass is 32.2. The molecule has 0 spiro atoms. The minimum absolute atomic E-state index is 0.370. The van der Waals surface area contributed by atoms with Crippen LogP contribution in [0.15, 0.2) is 77.9 Å². The van der Waals surface area contributed by atoms with Crippen LogP contribution in [0.2, 0.25) is 0 Å². The van der Waals surface area contributed by atoms with Crippen LogP contribution in [-0.2, 0) is 21.4 Å². The van der Waals surface area contributed by atoms with Gasteiger partial charge < -0.3 is 4.74 Å². The fraction of sp³-hybridized carbons (Fsp3) is 0.200. The lowest BCUT2D eigenvalue weighted by Crippen LogP contribution is -2.39.